The molecule has 7 rings (SSSR count). The highest BCUT2D eigenvalue weighted by Gasteiger charge is 2.45. The summed E-state index contributed by atoms with van der Waals surface area (Å²) < 4.78 is 27.9. The van der Waals surface area contributed by atoms with E-state index in [0.29, 0.717) is 17.0 Å². The molecule has 1 aliphatic heterocycles. The van der Waals surface area contributed by atoms with Crippen molar-refractivity contribution in [2.24, 2.45) is 0 Å². The number of H-pyrrole nitrogens is 1. The van der Waals surface area contributed by atoms with Gasteiger partial charge in [0, 0.05) is 47.1 Å². The smallest absolute Gasteiger partial charge is 0.253 e. The van der Waals surface area contributed by atoms with Crippen molar-refractivity contribution < 1.29 is 18.4 Å². The molecule has 0 saturated heterocycles. The van der Waals surface area contributed by atoms with Gasteiger partial charge in [0.1, 0.15) is 11.6 Å². The van der Waals surface area contributed by atoms with Crippen LogP contribution >= 0.6 is 0 Å². The van der Waals surface area contributed by atoms with E-state index in [1.807, 2.05) is 12.3 Å². The number of hydrogen-bond donors (Lipinski definition) is 3. The largest absolute Gasteiger partial charge is 0.356 e. The van der Waals surface area contributed by atoms with Crippen LogP contribution in [-0.2, 0) is 25.8 Å². The first-order valence-corrected chi connectivity index (χ1v) is 13.1. The van der Waals surface area contributed by atoms with E-state index in [4.69, 9.17) is 4.98 Å². The van der Waals surface area contributed by atoms with Gasteiger partial charge in [-0.25, -0.2) is 18.7 Å². The third kappa shape index (κ3) is 3.91. The Morgan fingerprint density at radius 1 is 1.08 bits per heavy atom. The van der Waals surface area contributed by atoms with Gasteiger partial charge in [0.05, 0.1) is 17.0 Å². The van der Waals surface area contributed by atoms with Gasteiger partial charge in [-0.15, -0.1) is 0 Å². The Hall–Kier alpha value is -4.40. The average Bonchev–Trinajstić information content (AvgIpc) is 3.31. The molecule has 2 amide bonds. The molecule has 2 aliphatic carbocycles. The van der Waals surface area contributed by atoms with Crippen molar-refractivity contribution in [1.29, 1.82) is 0 Å². The van der Waals surface area contributed by atoms with Crippen LogP contribution in [-0.4, -0.2) is 32.3 Å². The summed E-state index contributed by atoms with van der Waals surface area (Å²) >= 11 is 0. The zero-order chi connectivity index (χ0) is 26.7. The second-order valence-corrected chi connectivity index (χ2v) is 10.6. The molecule has 2 aromatic carbocycles. The minimum atomic E-state index is -0.711. The van der Waals surface area contributed by atoms with Crippen LogP contribution in [0.5, 0.6) is 0 Å². The minimum absolute atomic E-state index is 0.000147. The van der Waals surface area contributed by atoms with Gasteiger partial charge in [0.25, 0.3) is 11.8 Å². The van der Waals surface area contributed by atoms with E-state index in [-0.39, 0.29) is 23.6 Å². The van der Waals surface area contributed by atoms with Gasteiger partial charge in [0.15, 0.2) is 5.82 Å². The first-order valence-electron chi connectivity index (χ1n) is 13.1. The maximum atomic E-state index is 14.0. The molecule has 3 N–H and O–H groups in total. The van der Waals surface area contributed by atoms with Crippen LogP contribution in [0.15, 0.2) is 48.7 Å². The van der Waals surface area contributed by atoms with Gasteiger partial charge in [-0.05, 0) is 67.5 Å². The molecule has 7 nitrogen and oxygen atoms in total. The third-order valence-electron chi connectivity index (χ3n) is 8.23. The van der Waals surface area contributed by atoms with E-state index in [2.05, 4.69) is 20.6 Å². The van der Waals surface area contributed by atoms with Crippen LogP contribution in [0, 0.1) is 11.6 Å². The van der Waals surface area contributed by atoms with Gasteiger partial charge < -0.3 is 15.6 Å². The SMILES string of the molecule is O=C(NCc1c(F)cccc1F)c1cccc(-c2ncc3c(n2)-c2[nH]c4c(c2CC3)C(=O)NC2(CCC2)C4)c1. The molecular formula is C30H25F2N5O2. The normalized spacial score (nSPS) is 16.5. The molecule has 9 heteroatoms. The highest BCUT2D eigenvalue weighted by molar-refractivity contribution is 6.01. The van der Waals surface area contributed by atoms with Crippen molar-refractivity contribution in [2.75, 3.05) is 0 Å². The molecular weight excluding hydrogens is 500 g/mol. The molecule has 2 aromatic heterocycles. The number of rotatable bonds is 4. The standard InChI is InChI=1S/C30H25F2N5O2/c31-21-6-2-7-22(32)20(21)15-34-28(38)17-5-1-4-16(12-17)27-33-14-18-8-9-19-24-23(35-26(19)25(18)36-27)13-30(10-3-11-30)37-29(24)39/h1-2,4-7,12,14,35H,3,8-11,13,15H2,(H,34,38)(H,37,39). The second-order valence-electron chi connectivity index (χ2n) is 10.6. The van der Waals surface area contributed by atoms with Gasteiger partial charge >= 0.3 is 0 Å². The number of aromatic nitrogens is 3. The Labute approximate surface area is 223 Å². The molecule has 1 spiro atoms. The summed E-state index contributed by atoms with van der Waals surface area (Å²) in [6.07, 6.45) is 7.24. The van der Waals surface area contributed by atoms with Crippen LogP contribution in [0.1, 0.15) is 62.4 Å². The maximum absolute atomic E-state index is 14.0. The highest BCUT2D eigenvalue weighted by atomic mass is 19.1. The van der Waals surface area contributed by atoms with E-state index in [0.717, 1.165) is 84.4 Å². The van der Waals surface area contributed by atoms with Crippen LogP contribution in [0.4, 0.5) is 8.78 Å². The topological polar surface area (TPSA) is 99.8 Å². The van der Waals surface area contributed by atoms with Gasteiger partial charge in [-0.3, -0.25) is 9.59 Å². The molecule has 3 aliphatic rings. The monoisotopic (exact) mass is 525 g/mol. The van der Waals surface area contributed by atoms with E-state index < -0.39 is 17.5 Å². The molecule has 39 heavy (non-hydrogen) atoms. The number of fused-ring (bicyclic) bond motifs is 5. The predicted octanol–water partition coefficient (Wildman–Crippen LogP) is 4.65. The van der Waals surface area contributed by atoms with Gasteiger partial charge in [-0.2, -0.15) is 0 Å². The number of carbonyl (C=O) groups is 2. The molecule has 3 heterocycles. The molecule has 1 fully saturated rings. The highest BCUT2D eigenvalue weighted by Crippen LogP contribution is 2.43. The van der Waals surface area contributed by atoms with E-state index >= 15 is 0 Å². The lowest BCUT2D eigenvalue weighted by Crippen LogP contribution is -2.57. The molecule has 0 atom stereocenters. The van der Waals surface area contributed by atoms with Crippen LogP contribution in [0.2, 0.25) is 0 Å². The van der Waals surface area contributed by atoms with E-state index in [9.17, 15) is 18.4 Å². The zero-order valence-corrected chi connectivity index (χ0v) is 21.0. The number of nitrogens with one attached hydrogen (secondary N) is 3. The minimum Gasteiger partial charge on any atom is -0.356 e. The zero-order valence-electron chi connectivity index (χ0n) is 21.0. The number of carbonyl (C=O) groups excluding carboxylic acids is 2. The van der Waals surface area contributed by atoms with Crippen molar-refractivity contribution in [2.45, 2.75) is 50.6 Å². The number of aromatic amines is 1. The number of halogens is 2. The molecule has 0 radical (unpaired) electrons. The summed E-state index contributed by atoms with van der Waals surface area (Å²) in [6, 6.07) is 10.4. The fraction of sp³-hybridized carbons (Fsp3) is 0.267. The Bertz CT molecular complexity index is 1650. The number of aryl methyl sites for hydroxylation is 1. The number of nitrogens with zero attached hydrogens (tertiary/aromatic N) is 2. The molecule has 4 aromatic rings. The Balaban J connectivity index is 1.18. The quantitative estimate of drug-likeness (QED) is 0.361. The fourth-order valence-corrected chi connectivity index (χ4v) is 6.02. The number of benzene rings is 2. The summed E-state index contributed by atoms with van der Waals surface area (Å²) in [5.74, 6) is -1.44. The first kappa shape index (κ1) is 23.7. The predicted molar refractivity (Wildman–Crippen MR) is 140 cm³/mol. The Morgan fingerprint density at radius 2 is 1.87 bits per heavy atom. The number of amides is 2. The third-order valence-corrected chi connectivity index (χ3v) is 8.23. The maximum Gasteiger partial charge on any atom is 0.253 e. The molecule has 0 bridgehead atoms. The van der Waals surface area contributed by atoms with Crippen molar-refractivity contribution in [3.63, 3.8) is 0 Å². The van der Waals surface area contributed by atoms with Gasteiger partial charge in [-0.1, -0.05) is 18.2 Å². The second kappa shape index (κ2) is 8.83. The van der Waals surface area contributed by atoms with Crippen molar-refractivity contribution in [3.8, 4) is 22.8 Å². The Kier molecular flexibility index (Phi) is 5.36. The molecule has 0 unspecified atom stereocenters. The first-order chi connectivity index (χ1) is 18.9. The lowest BCUT2D eigenvalue weighted by Gasteiger charge is -2.45. The molecule has 196 valence electrons. The summed E-state index contributed by atoms with van der Waals surface area (Å²) in [5, 5.41) is 5.84. The van der Waals surface area contributed by atoms with Crippen molar-refractivity contribution in [3.05, 3.63) is 93.8 Å². The fourth-order valence-electron chi connectivity index (χ4n) is 6.02. The summed E-state index contributed by atoms with van der Waals surface area (Å²) in [5.41, 5.74) is 6.05. The van der Waals surface area contributed by atoms with Crippen LogP contribution in [0.3, 0.4) is 0 Å². The summed E-state index contributed by atoms with van der Waals surface area (Å²) in [4.78, 5) is 38.8. The van der Waals surface area contributed by atoms with E-state index in [1.165, 1.54) is 6.07 Å². The summed E-state index contributed by atoms with van der Waals surface area (Å²) in [6.45, 7) is -0.272. The van der Waals surface area contributed by atoms with Crippen LogP contribution < -0.4 is 10.6 Å². The summed E-state index contributed by atoms with van der Waals surface area (Å²) in [7, 11) is 0. The van der Waals surface area contributed by atoms with Crippen LogP contribution in [0.25, 0.3) is 22.8 Å². The van der Waals surface area contributed by atoms with Crippen molar-refractivity contribution in [1.82, 2.24) is 25.6 Å². The lowest BCUT2D eigenvalue weighted by atomic mass is 9.71. The molecule has 1 saturated carbocycles. The van der Waals surface area contributed by atoms with Crippen molar-refractivity contribution >= 4 is 11.8 Å². The Morgan fingerprint density at radius 3 is 2.64 bits per heavy atom. The lowest BCUT2D eigenvalue weighted by molar-refractivity contribution is 0.0793. The van der Waals surface area contributed by atoms with Gasteiger partial charge in [0.2, 0.25) is 0 Å². The number of hydrogen-bond acceptors (Lipinski definition) is 4. The average molecular weight is 526 g/mol. The van der Waals surface area contributed by atoms with E-state index in [1.54, 1.807) is 18.2 Å².